The quantitative estimate of drug-likeness (QED) is 0.511. The molecule has 0 spiro atoms. The second-order valence-electron chi connectivity index (χ2n) is 2.44. The van der Waals surface area contributed by atoms with Crippen LogP contribution in [0.3, 0.4) is 0 Å². The highest BCUT2D eigenvalue weighted by molar-refractivity contribution is 7.28. The van der Waals surface area contributed by atoms with E-state index in [1.807, 2.05) is 18.2 Å². The Morgan fingerprint density at radius 3 is 2.92 bits per heavy atom. The Balaban J connectivity index is 2.89. The summed E-state index contributed by atoms with van der Waals surface area (Å²) >= 11 is 0. The zero-order valence-corrected chi connectivity index (χ0v) is 8.18. The lowest BCUT2D eigenvalue weighted by atomic mass is 10.1. The Labute approximate surface area is 74.3 Å². The Bertz CT molecular complexity index is 273. The highest BCUT2D eigenvalue weighted by atomic mass is 31.1. The van der Waals surface area contributed by atoms with Crippen LogP contribution in [0.25, 0.3) is 0 Å². The molecule has 2 nitrogen and oxygen atoms in total. The summed E-state index contributed by atoms with van der Waals surface area (Å²) < 4.78 is 3.75. The van der Waals surface area contributed by atoms with Gasteiger partial charge in [-0.25, -0.2) is 0 Å². The summed E-state index contributed by atoms with van der Waals surface area (Å²) in [6, 6.07) is 8.00. The van der Waals surface area contributed by atoms with E-state index in [1.54, 1.807) is 6.21 Å². The van der Waals surface area contributed by atoms with Crippen molar-refractivity contribution in [1.29, 1.82) is 0 Å². The SMILES string of the molecule is CCc1ccccc1C=N[PH2+][O-]. The Kier molecular flexibility index (Phi) is 3.92. The van der Waals surface area contributed by atoms with Crippen LogP contribution in [0.4, 0.5) is 0 Å². The number of hydrogen-bond donors (Lipinski definition) is 0. The van der Waals surface area contributed by atoms with Gasteiger partial charge in [0.15, 0.2) is 0 Å². The van der Waals surface area contributed by atoms with Gasteiger partial charge in [-0.1, -0.05) is 31.2 Å². The number of hydrogen-bond acceptors (Lipinski definition) is 2. The number of aryl methyl sites for hydroxylation is 1. The minimum Gasteiger partial charge on any atom is -0.663 e. The minimum atomic E-state index is -1.02. The maximum absolute atomic E-state index is 10.2. The lowest BCUT2D eigenvalue weighted by molar-refractivity contribution is -0.150. The third kappa shape index (κ3) is 2.40. The Morgan fingerprint density at radius 2 is 2.25 bits per heavy atom. The maximum Gasteiger partial charge on any atom is 0.0711 e. The zero-order valence-electron chi connectivity index (χ0n) is 7.03. The first-order chi connectivity index (χ1) is 5.88. The topological polar surface area (TPSA) is 35.4 Å². The van der Waals surface area contributed by atoms with Gasteiger partial charge in [0, 0.05) is 0 Å². The molecule has 0 saturated carbocycles. The normalized spacial score (nSPS) is 11.8. The number of benzene rings is 1. The molecule has 0 saturated heterocycles. The third-order valence-electron chi connectivity index (χ3n) is 1.71. The van der Waals surface area contributed by atoms with Crippen LogP contribution in [0.5, 0.6) is 0 Å². The van der Waals surface area contributed by atoms with Gasteiger partial charge in [-0.15, -0.1) is 4.76 Å². The third-order valence-corrected chi connectivity index (χ3v) is 1.98. The van der Waals surface area contributed by atoms with Crippen molar-refractivity contribution < 1.29 is 4.89 Å². The van der Waals surface area contributed by atoms with Crippen molar-refractivity contribution in [2.45, 2.75) is 13.3 Å². The maximum atomic E-state index is 10.2. The Hall–Kier alpha value is -0.720. The summed E-state index contributed by atoms with van der Waals surface area (Å²) in [6.07, 6.45) is 2.66. The van der Waals surface area contributed by atoms with Crippen molar-refractivity contribution in [3.05, 3.63) is 35.4 Å². The smallest absolute Gasteiger partial charge is 0.0711 e. The summed E-state index contributed by atoms with van der Waals surface area (Å²) in [5.74, 6) is 0. The van der Waals surface area contributed by atoms with E-state index in [2.05, 4.69) is 17.8 Å². The molecule has 1 aromatic rings. The van der Waals surface area contributed by atoms with E-state index >= 15 is 0 Å². The van der Waals surface area contributed by atoms with Crippen LogP contribution in [-0.2, 0) is 6.42 Å². The van der Waals surface area contributed by atoms with Crippen LogP contribution in [0.1, 0.15) is 18.1 Å². The van der Waals surface area contributed by atoms with Crippen molar-refractivity contribution in [3.63, 3.8) is 0 Å². The van der Waals surface area contributed by atoms with Crippen LogP contribution in [0.2, 0.25) is 0 Å². The zero-order chi connectivity index (χ0) is 8.81. The molecule has 1 atom stereocenters. The predicted octanol–water partition coefficient (Wildman–Crippen LogP) is 1.27. The van der Waals surface area contributed by atoms with Gasteiger partial charge in [0.1, 0.15) is 0 Å². The molecule has 0 N–H and O–H groups in total. The molecular weight excluding hydrogens is 169 g/mol. The van der Waals surface area contributed by atoms with E-state index in [1.165, 1.54) is 5.56 Å². The van der Waals surface area contributed by atoms with Crippen molar-refractivity contribution in [1.82, 2.24) is 0 Å². The van der Waals surface area contributed by atoms with Crippen molar-refractivity contribution in [3.8, 4) is 0 Å². The fraction of sp³-hybridized carbons (Fsp3) is 0.222. The molecule has 12 heavy (non-hydrogen) atoms. The number of rotatable bonds is 3. The average Bonchev–Trinajstić information content (AvgIpc) is 2.15. The van der Waals surface area contributed by atoms with Crippen molar-refractivity contribution in [2.75, 3.05) is 0 Å². The summed E-state index contributed by atoms with van der Waals surface area (Å²) in [4.78, 5) is 10.2. The lowest BCUT2D eigenvalue weighted by Gasteiger charge is -1.99. The molecule has 0 aliphatic carbocycles. The van der Waals surface area contributed by atoms with Gasteiger partial charge in [0.2, 0.25) is 0 Å². The molecule has 0 bridgehead atoms. The van der Waals surface area contributed by atoms with Gasteiger partial charge in [0.25, 0.3) is 0 Å². The van der Waals surface area contributed by atoms with E-state index < -0.39 is 8.96 Å². The summed E-state index contributed by atoms with van der Waals surface area (Å²) in [5.41, 5.74) is 2.32. The molecule has 1 unspecified atom stereocenters. The average molecular weight is 181 g/mol. The highest BCUT2D eigenvalue weighted by Crippen LogP contribution is 2.08. The molecule has 3 heteroatoms. The molecular formula is C9H12NOP. The van der Waals surface area contributed by atoms with Crippen molar-refractivity contribution >= 4 is 15.2 Å². The molecule has 0 radical (unpaired) electrons. The molecule has 1 rings (SSSR count). The fourth-order valence-corrected chi connectivity index (χ4v) is 1.31. The van der Waals surface area contributed by atoms with Crippen LogP contribution < -0.4 is 4.89 Å². The Morgan fingerprint density at radius 1 is 1.50 bits per heavy atom. The molecule has 64 valence electrons. The summed E-state index contributed by atoms with van der Waals surface area (Å²) in [6.45, 7) is 2.09. The minimum absolute atomic E-state index is 0.983. The first-order valence-electron chi connectivity index (χ1n) is 3.93. The van der Waals surface area contributed by atoms with Gasteiger partial charge < -0.3 is 4.89 Å². The first-order valence-corrected chi connectivity index (χ1v) is 4.92. The van der Waals surface area contributed by atoms with E-state index in [0.29, 0.717) is 0 Å². The van der Waals surface area contributed by atoms with Gasteiger partial charge in [-0.3, -0.25) is 0 Å². The van der Waals surface area contributed by atoms with E-state index in [0.717, 1.165) is 12.0 Å². The van der Waals surface area contributed by atoms with Gasteiger partial charge in [0.05, 0.1) is 15.2 Å². The predicted molar refractivity (Wildman–Crippen MR) is 53.1 cm³/mol. The molecule has 0 aromatic heterocycles. The standard InChI is InChI=1S/C9H12NOP/c1-2-8-5-3-4-6-9(8)7-10-12-11/h3-7H,2,12H2,1H3. The molecule has 0 fully saturated rings. The fourth-order valence-electron chi connectivity index (χ4n) is 1.09. The lowest BCUT2D eigenvalue weighted by Crippen LogP contribution is -1.89. The van der Waals surface area contributed by atoms with E-state index in [9.17, 15) is 4.89 Å². The molecule has 0 aliphatic heterocycles. The van der Waals surface area contributed by atoms with Gasteiger partial charge >= 0.3 is 0 Å². The molecule has 0 heterocycles. The largest absolute Gasteiger partial charge is 0.663 e. The molecule has 0 aliphatic rings. The highest BCUT2D eigenvalue weighted by Gasteiger charge is 1.94. The van der Waals surface area contributed by atoms with Crippen LogP contribution in [0.15, 0.2) is 29.0 Å². The van der Waals surface area contributed by atoms with Crippen LogP contribution >= 0.6 is 8.96 Å². The first kappa shape index (κ1) is 9.37. The van der Waals surface area contributed by atoms with Crippen molar-refractivity contribution in [2.24, 2.45) is 4.76 Å². The molecule has 0 amide bonds. The second-order valence-corrected chi connectivity index (χ2v) is 2.94. The second kappa shape index (κ2) is 5.02. The van der Waals surface area contributed by atoms with E-state index in [4.69, 9.17) is 0 Å². The number of nitrogens with zero attached hydrogens (tertiary/aromatic N) is 1. The van der Waals surface area contributed by atoms with Crippen LogP contribution in [0, 0.1) is 0 Å². The van der Waals surface area contributed by atoms with Gasteiger partial charge in [-0.2, -0.15) is 0 Å². The van der Waals surface area contributed by atoms with E-state index in [-0.39, 0.29) is 0 Å². The summed E-state index contributed by atoms with van der Waals surface area (Å²) in [7, 11) is -1.02. The van der Waals surface area contributed by atoms with Crippen LogP contribution in [-0.4, -0.2) is 6.21 Å². The summed E-state index contributed by atoms with van der Waals surface area (Å²) in [5, 5.41) is 0. The monoisotopic (exact) mass is 181 g/mol. The molecule has 1 aromatic carbocycles. The van der Waals surface area contributed by atoms with Gasteiger partial charge in [-0.05, 0) is 17.5 Å².